The highest BCUT2D eigenvalue weighted by Crippen LogP contribution is 2.69. The molecule has 3 heterocycles. The smallest absolute Gasteiger partial charge is 0.496 e. The molecule has 0 amide bonds. The van der Waals surface area contributed by atoms with Gasteiger partial charge in [-0.15, -0.1) is 0 Å². The SMILES string of the molecule is CC1(C)C2CC3OB(B4OC5CC6C[C@@H](C6(C)C)[C@]5(C)O4)O[C@@]3(C)[C@H]1C2.COc1c(B2OC3C[C@@H]4C[C@@H](C4(C)C)[C@]3(C)O2)ccc(F)c1C(=O)OC(C)(C)C.COc1c(OS(=O)(=O)C(F)(F)F)ccc(F)c1C(=O)OC(C)(C)C. The van der Waals surface area contributed by atoms with Crippen molar-refractivity contribution < 1.29 is 91.0 Å². The number of alkyl halides is 3. The minimum absolute atomic E-state index is 0.0241. The predicted molar refractivity (Wildman–Crippen MR) is 282 cm³/mol. The Morgan fingerprint density at radius 2 is 0.924 bits per heavy atom. The van der Waals surface area contributed by atoms with Gasteiger partial charge in [-0.05, 0) is 171 Å². The maximum absolute atomic E-state index is 14.6. The van der Waals surface area contributed by atoms with Gasteiger partial charge >= 0.3 is 48.7 Å². The summed E-state index contributed by atoms with van der Waals surface area (Å²) in [5.74, 6) is -1.90. The molecule has 0 radical (unpaired) electrons. The van der Waals surface area contributed by atoms with Gasteiger partial charge in [-0.3, -0.25) is 0 Å². The Hall–Kier alpha value is -3.67. The number of ether oxygens (including phenoxy) is 4. The molecule has 5 unspecified atom stereocenters. The number of esters is 2. The summed E-state index contributed by atoms with van der Waals surface area (Å²) in [6.07, 6.45) is 7.22. The van der Waals surface area contributed by atoms with Crippen LogP contribution in [0.2, 0.25) is 0 Å². The Balaban J connectivity index is 0.000000145. The molecule has 24 heteroatoms. The molecule has 9 saturated carbocycles. The van der Waals surface area contributed by atoms with Gasteiger partial charge in [-0.2, -0.15) is 21.6 Å². The van der Waals surface area contributed by atoms with Gasteiger partial charge in [-0.25, -0.2) is 18.4 Å². The highest BCUT2D eigenvalue weighted by atomic mass is 32.2. The molecule has 0 aromatic heterocycles. The Kier molecular flexibility index (Phi) is 14.8. The molecule has 12 fully saturated rings. The molecule has 9 aliphatic carbocycles. The Bertz CT molecular complexity index is 2800. The van der Waals surface area contributed by atoms with Crippen LogP contribution in [0.3, 0.4) is 0 Å². The van der Waals surface area contributed by atoms with E-state index in [2.05, 4.69) is 71.2 Å². The van der Waals surface area contributed by atoms with E-state index in [1.165, 1.54) is 46.8 Å². The third-order valence-corrected chi connectivity index (χ3v) is 20.6. The molecular weight excluding hydrogens is 1060 g/mol. The lowest BCUT2D eigenvalue weighted by Gasteiger charge is -2.64. The summed E-state index contributed by atoms with van der Waals surface area (Å²) in [6, 6.07) is 3.97. The fraction of sp³-hybridized carbons (Fsp3) is 0.745. The van der Waals surface area contributed by atoms with Crippen molar-refractivity contribution in [3.63, 3.8) is 0 Å². The molecule has 14 rings (SSSR count). The van der Waals surface area contributed by atoms with E-state index >= 15 is 0 Å². The fourth-order valence-electron chi connectivity index (χ4n) is 15.0. The number of rotatable bonds is 8. The third-order valence-electron chi connectivity index (χ3n) is 19.7. The van der Waals surface area contributed by atoms with Gasteiger partial charge < -0.3 is 51.1 Å². The van der Waals surface area contributed by atoms with Crippen LogP contribution in [-0.4, -0.2) is 108 Å². The lowest BCUT2D eigenvalue weighted by atomic mass is 9.43. The van der Waals surface area contributed by atoms with Crippen molar-refractivity contribution in [1.82, 2.24) is 0 Å². The Morgan fingerprint density at radius 3 is 1.29 bits per heavy atom. The van der Waals surface area contributed by atoms with Gasteiger partial charge in [0.15, 0.2) is 11.5 Å². The molecule has 2 aromatic rings. The van der Waals surface area contributed by atoms with Gasteiger partial charge in [0.05, 0.1) is 49.3 Å². The van der Waals surface area contributed by atoms with E-state index in [9.17, 15) is 40.0 Å². The molecule has 0 spiro atoms. The van der Waals surface area contributed by atoms with E-state index in [1.807, 2.05) is 0 Å². The standard InChI is InChI=1S/C22H30BFO5.C20H32B2O4.C13H14F4O6S/c1-20(2,3)27-19(25)17-14(24)9-8-13(18(17)26-7)23-28-16-11-12-10-15(21(12,4)5)22(16,6)29-23;1-17(2)11-7-13(17)19(5)15(9-11)23-21(25-19)22-24-16-10-12-8-14(18(12,3)4)20(16,6)26-22;1-12(2,3)22-11(18)9-7(14)5-6-8(10(9)21-4)23-24(19,20)13(15,16)17/h8-9,12,15-16H,10-11H2,1-7H3;11-16H,7-10H2,1-6H3;5-6H,1-4H3/t12-,15-,16?,22-;11?,12?,13-,14-,15?,16?,19-,20-;/m00./s1. The molecule has 6 bridgehead atoms. The fourth-order valence-corrected chi connectivity index (χ4v) is 15.5. The van der Waals surface area contributed by atoms with Crippen molar-refractivity contribution in [1.29, 1.82) is 0 Å². The maximum Gasteiger partial charge on any atom is 0.534 e. The summed E-state index contributed by atoms with van der Waals surface area (Å²) in [4.78, 5) is 24.7. The van der Waals surface area contributed by atoms with Crippen molar-refractivity contribution in [3.05, 3.63) is 47.0 Å². The molecule has 3 aliphatic heterocycles. The summed E-state index contributed by atoms with van der Waals surface area (Å²) in [7, 11) is -5.17. The highest BCUT2D eigenvalue weighted by Gasteiger charge is 2.74. The van der Waals surface area contributed by atoms with E-state index in [-0.39, 0.29) is 60.3 Å². The van der Waals surface area contributed by atoms with Crippen molar-refractivity contribution in [2.75, 3.05) is 14.2 Å². The maximum atomic E-state index is 14.6. The predicted octanol–water partition coefficient (Wildman–Crippen LogP) is 10.3. The number of methoxy groups -OCH3 is 2. The van der Waals surface area contributed by atoms with Crippen LogP contribution in [0.5, 0.6) is 17.2 Å². The number of hydrogen-bond acceptors (Lipinski definition) is 15. The zero-order valence-corrected chi connectivity index (χ0v) is 49.2. The van der Waals surface area contributed by atoms with Crippen LogP contribution in [0.15, 0.2) is 24.3 Å². The molecule has 0 N–H and O–H groups in total. The number of halogens is 5. The molecule has 79 heavy (non-hydrogen) atoms. The normalized spacial score (nSPS) is 34.8. The van der Waals surface area contributed by atoms with Crippen LogP contribution in [-0.2, 0) is 47.5 Å². The summed E-state index contributed by atoms with van der Waals surface area (Å²) < 4.78 is 151. The zero-order chi connectivity index (χ0) is 58.6. The summed E-state index contributed by atoms with van der Waals surface area (Å²) >= 11 is 0. The van der Waals surface area contributed by atoms with E-state index in [1.54, 1.807) is 26.8 Å². The second kappa shape index (κ2) is 19.5. The Labute approximate surface area is 462 Å². The topological polar surface area (TPSA) is 170 Å². The van der Waals surface area contributed by atoms with Crippen LogP contribution >= 0.6 is 0 Å². The molecule has 15 nitrogen and oxygen atoms in total. The first-order valence-corrected chi connectivity index (χ1v) is 28.8. The highest BCUT2D eigenvalue weighted by molar-refractivity contribution is 7.88. The number of carbonyl (C=O) groups excluding carboxylic acids is 2. The lowest BCUT2D eigenvalue weighted by molar-refractivity contribution is -0.200. The van der Waals surface area contributed by atoms with Crippen LogP contribution < -0.4 is 19.1 Å². The van der Waals surface area contributed by atoms with Crippen LogP contribution in [0.25, 0.3) is 0 Å². The summed E-state index contributed by atoms with van der Waals surface area (Å²) in [5, 5.41) is 0. The lowest BCUT2D eigenvalue weighted by Crippen LogP contribution is -2.65. The Morgan fingerprint density at radius 1 is 0.557 bits per heavy atom. The van der Waals surface area contributed by atoms with E-state index in [0.717, 1.165) is 44.6 Å². The van der Waals surface area contributed by atoms with Gasteiger partial charge in [0.2, 0.25) is 0 Å². The first kappa shape index (κ1) is 59.9. The average molecular weight is 1140 g/mol. The van der Waals surface area contributed by atoms with Crippen LogP contribution in [0.1, 0.15) is 163 Å². The van der Waals surface area contributed by atoms with Gasteiger partial charge in [0.1, 0.15) is 39.7 Å². The molecule has 3 saturated heterocycles. The van der Waals surface area contributed by atoms with Crippen LogP contribution in [0, 0.1) is 63.4 Å². The summed E-state index contributed by atoms with van der Waals surface area (Å²) in [5.41, 5.74) is -7.93. The van der Waals surface area contributed by atoms with E-state index < -0.39 is 80.2 Å². The minimum Gasteiger partial charge on any atom is -0.496 e. The van der Waals surface area contributed by atoms with Crippen molar-refractivity contribution in [3.8, 4) is 17.2 Å². The van der Waals surface area contributed by atoms with Gasteiger partial charge in [-0.1, -0.05) is 47.6 Å². The quantitative estimate of drug-likeness (QED) is 0.0804. The van der Waals surface area contributed by atoms with E-state index in [0.29, 0.717) is 52.1 Å². The molecule has 12 atom stereocenters. The average Bonchev–Trinajstić information content (AvgIpc) is 3.98. The van der Waals surface area contributed by atoms with Gasteiger partial charge in [0, 0.05) is 5.46 Å². The molecule has 12 aliphatic rings. The zero-order valence-electron chi connectivity index (χ0n) is 48.4. The van der Waals surface area contributed by atoms with Crippen molar-refractivity contribution in [2.45, 2.75) is 194 Å². The second-order valence-electron chi connectivity index (χ2n) is 27.5. The van der Waals surface area contributed by atoms with Crippen molar-refractivity contribution >= 4 is 48.7 Å². The third kappa shape index (κ3) is 9.99. The monoisotopic (exact) mass is 1140 g/mol. The number of carbonyl (C=O) groups is 2. The summed E-state index contributed by atoms with van der Waals surface area (Å²) in [6.45, 7) is 30.5. The molecule has 436 valence electrons. The van der Waals surface area contributed by atoms with Crippen LogP contribution in [0.4, 0.5) is 22.0 Å². The van der Waals surface area contributed by atoms with E-state index in [4.69, 9.17) is 42.1 Å². The number of benzene rings is 2. The minimum atomic E-state index is -6.03. The van der Waals surface area contributed by atoms with Gasteiger partial charge in [0.25, 0.3) is 0 Å². The largest absolute Gasteiger partial charge is 0.534 e. The molecular formula is C55H76B3F5O15S. The first-order valence-electron chi connectivity index (χ1n) is 27.3. The first-order chi connectivity index (χ1) is 36.1. The molecule has 2 aromatic carbocycles. The number of hydrogen-bond donors (Lipinski definition) is 0. The second-order valence-corrected chi connectivity index (χ2v) is 29.0. The van der Waals surface area contributed by atoms with Crippen molar-refractivity contribution in [2.24, 2.45) is 51.8 Å².